The molecule has 4 heterocycles. The van der Waals surface area contributed by atoms with E-state index in [1.165, 1.54) is 12.6 Å². The number of halogens is 1. The first-order valence-electron chi connectivity index (χ1n) is 11.0. The topological polar surface area (TPSA) is 130 Å². The predicted octanol–water partition coefficient (Wildman–Crippen LogP) is 4.12. The summed E-state index contributed by atoms with van der Waals surface area (Å²) < 4.78 is 21.1. The van der Waals surface area contributed by atoms with Crippen LogP contribution in [0.5, 0.6) is 0 Å². The van der Waals surface area contributed by atoms with E-state index in [9.17, 15) is 9.90 Å². The normalized spacial score (nSPS) is 24.3. The third-order valence-electron chi connectivity index (χ3n) is 7.01. The van der Waals surface area contributed by atoms with Gasteiger partial charge in [0.05, 0.1) is 12.2 Å². The van der Waals surface area contributed by atoms with Crippen LogP contribution in [0.25, 0.3) is 33.9 Å². The van der Waals surface area contributed by atoms with Gasteiger partial charge in [-0.15, -0.1) is 0 Å². The van der Waals surface area contributed by atoms with Crippen LogP contribution in [-0.2, 0) is 4.79 Å². The van der Waals surface area contributed by atoms with Crippen molar-refractivity contribution in [3.63, 3.8) is 0 Å². The molecule has 0 aliphatic heterocycles. The first-order valence-corrected chi connectivity index (χ1v) is 11.0. The van der Waals surface area contributed by atoms with E-state index in [0.29, 0.717) is 16.6 Å². The number of nitrogens with one attached hydrogen (secondary N) is 2. The highest BCUT2D eigenvalue weighted by molar-refractivity contribution is 5.91. The third-order valence-corrected chi connectivity index (χ3v) is 7.01. The lowest BCUT2D eigenvalue weighted by Crippen LogP contribution is -2.51. The monoisotopic (exact) mass is 448 g/mol. The molecule has 3 fully saturated rings. The Morgan fingerprint density at radius 2 is 2.03 bits per heavy atom. The molecule has 2 atom stereocenters. The number of aliphatic carboxylic acids is 1. The minimum atomic E-state index is -0.850. The number of nitrogens with zero attached hydrogens (tertiary/aromatic N) is 4. The molecule has 3 aliphatic carbocycles. The zero-order valence-electron chi connectivity index (χ0n) is 17.5. The number of aromatic nitrogens is 5. The van der Waals surface area contributed by atoms with Crippen LogP contribution in [0.4, 0.5) is 10.2 Å². The average molecular weight is 448 g/mol. The Balaban J connectivity index is 1.48. The van der Waals surface area contributed by atoms with Crippen LogP contribution in [-0.4, -0.2) is 42.0 Å². The van der Waals surface area contributed by atoms with Gasteiger partial charge in [-0.3, -0.25) is 4.79 Å². The number of anilines is 1. The lowest BCUT2D eigenvalue weighted by Gasteiger charge is -2.47. The van der Waals surface area contributed by atoms with Crippen molar-refractivity contribution in [1.82, 2.24) is 24.9 Å². The molecule has 9 nitrogen and oxygen atoms in total. The third kappa shape index (κ3) is 3.24. The van der Waals surface area contributed by atoms with Gasteiger partial charge < -0.3 is 19.8 Å². The summed E-state index contributed by atoms with van der Waals surface area (Å²) in [5.74, 6) is -1.36. The molecular weight excluding hydrogens is 427 g/mol. The Kier molecular flexibility index (Phi) is 4.60. The Labute approximate surface area is 187 Å². The van der Waals surface area contributed by atoms with Gasteiger partial charge in [0.1, 0.15) is 17.7 Å². The number of fused-ring (bicyclic) bond motifs is 4. The zero-order valence-corrected chi connectivity index (χ0v) is 17.5. The van der Waals surface area contributed by atoms with Crippen LogP contribution in [0.15, 0.2) is 41.5 Å². The molecule has 0 amide bonds. The van der Waals surface area contributed by atoms with Gasteiger partial charge in [0.15, 0.2) is 23.2 Å². The Hall–Kier alpha value is -3.82. The maximum absolute atomic E-state index is 15.7. The van der Waals surface area contributed by atoms with Crippen LogP contribution < -0.4 is 5.32 Å². The molecule has 3 aliphatic rings. The Morgan fingerprint density at radius 3 is 2.79 bits per heavy atom. The predicted molar refractivity (Wildman–Crippen MR) is 117 cm³/mol. The molecule has 168 valence electrons. The van der Waals surface area contributed by atoms with Gasteiger partial charge in [-0.1, -0.05) is 0 Å². The van der Waals surface area contributed by atoms with Crippen molar-refractivity contribution in [2.45, 2.75) is 31.7 Å². The molecule has 0 spiro atoms. The summed E-state index contributed by atoms with van der Waals surface area (Å²) in [6, 6.07) is 2.88. The molecule has 0 saturated heterocycles. The van der Waals surface area contributed by atoms with Crippen molar-refractivity contribution in [1.29, 1.82) is 0 Å². The highest BCUT2D eigenvalue weighted by atomic mass is 19.1. The number of carboxylic acids is 1. The van der Waals surface area contributed by atoms with Crippen LogP contribution in [0, 0.1) is 23.6 Å². The SMILES string of the molecule is O=C(O)C1C2CCC(CC2)C1Nc1nc(-c2c[nH]c3ncncc23)nc(-c2ccco2)c1F. The van der Waals surface area contributed by atoms with Crippen molar-refractivity contribution < 1.29 is 18.7 Å². The molecule has 0 aromatic carbocycles. The fourth-order valence-corrected chi connectivity index (χ4v) is 5.46. The van der Waals surface area contributed by atoms with Gasteiger partial charge in [0.25, 0.3) is 0 Å². The smallest absolute Gasteiger partial charge is 0.308 e. The summed E-state index contributed by atoms with van der Waals surface area (Å²) >= 11 is 0. The largest absolute Gasteiger partial charge is 0.481 e. The zero-order chi connectivity index (χ0) is 22.5. The van der Waals surface area contributed by atoms with E-state index in [0.717, 1.165) is 25.7 Å². The van der Waals surface area contributed by atoms with Crippen molar-refractivity contribution in [3.05, 3.63) is 42.9 Å². The van der Waals surface area contributed by atoms with Gasteiger partial charge in [-0.05, 0) is 49.7 Å². The molecule has 0 radical (unpaired) electrons. The molecule has 7 rings (SSSR count). The Bertz CT molecular complexity index is 1330. The molecule has 10 heteroatoms. The average Bonchev–Trinajstić information content (AvgIpc) is 3.51. The first kappa shape index (κ1) is 19.8. The Morgan fingerprint density at radius 1 is 1.21 bits per heavy atom. The number of hydrogen-bond donors (Lipinski definition) is 3. The second-order valence-corrected chi connectivity index (χ2v) is 8.73. The molecule has 3 saturated carbocycles. The van der Waals surface area contributed by atoms with E-state index in [-0.39, 0.29) is 34.9 Å². The van der Waals surface area contributed by atoms with Crippen LogP contribution in [0.2, 0.25) is 0 Å². The summed E-state index contributed by atoms with van der Waals surface area (Å²) in [7, 11) is 0. The van der Waals surface area contributed by atoms with Gasteiger partial charge in [0, 0.05) is 29.4 Å². The summed E-state index contributed by atoms with van der Waals surface area (Å²) in [6.45, 7) is 0. The fourth-order valence-electron chi connectivity index (χ4n) is 5.46. The van der Waals surface area contributed by atoms with E-state index in [4.69, 9.17) is 4.42 Å². The maximum Gasteiger partial charge on any atom is 0.308 e. The van der Waals surface area contributed by atoms with E-state index < -0.39 is 23.7 Å². The van der Waals surface area contributed by atoms with E-state index in [2.05, 4.69) is 30.2 Å². The van der Waals surface area contributed by atoms with Gasteiger partial charge >= 0.3 is 5.97 Å². The molecule has 3 N–H and O–H groups in total. The first-order chi connectivity index (χ1) is 16.1. The summed E-state index contributed by atoms with van der Waals surface area (Å²) in [5, 5.41) is 13.8. The molecule has 2 unspecified atom stereocenters. The summed E-state index contributed by atoms with van der Waals surface area (Å²) in [5.41, 5.74) is 1.23. The highest BCUT2D eigenvalue weighted by Crippen LogP contribution is 2.46. The van der Waals surface area contributed by atoms with Gasteiger partial charge in [-0.25, -0.2) is 24.3 Å². The van der Waals surface area contributed by atoms with Crippen molar-refractivity contribution in [3.8, 4) is 22.8 Å². The van der Waals surface area contributed by atoms with Crippen molar-refractivity contribution in [2.75, 3.05) is 5.32 Å². The van der Waals surface area contributed by atoms with Crippen molar-refractivity contribution >= 4 is 22.8 Å². The number of carbonyl (C=O) groups is 1. The number of hydrogen-bond acceptors (Lipinski definition) is 7. The highest BCUT2D eigenvalue weighted by Gasteiger charge is 2.47. The van der Waals surface area contributed by atoms with Gasteiger partial charge in [0.2, 0.25) is 0 Å². The molecule has 4 aromatic heterocycles. The molecule has 4 aromatic rings. The van der Waals surface area contributed by atoms with Crippen LogP contribution in [0.3, 0.4) is 0 Å². The van der Waals surface area contributed by atoms with Crippen LogP contribution >= 0.6 is 0 Å². The molecular formula is C23H21FN6O3. The summed E-state index contributed by atoms with van der Waals surface area (Å²) in [4.78, 5) is 32.4. The minimum Gasteiger partial charge on any atom is -0.481 e. The summed E-state index contributed by atoms with van der Waals surface area (Å²) in [6.07, 6.45) is 9.86. The van der Waals surface area contributed by atoms with E-state index in [1.807, 2.05) is 0 Å². The standard InChI is InChI=1S/C23H21FN6O3/c24-17-19(15-2-1-7-33-15)29-21(14-9-26-20-13(14)8-25-10-27-20)30-22(17)28-18-12-5-3-11(4-6-12)16(18)23(31)32/h1-2,7-12,16,18H,3-6H2,(H,31,32)(H,25,26,27)(H,28,29,30). The van der Waals surface area contributed by atoms with E-state index >= 15 is 4.39 Å². The maximum atomic E-state index is 15.7. The van der Waals surface area contributed by atoms with Gasteiger partial charge in [-0.2, -0.15) is 0 Å². The minimum absolute atomic E-state index is 0.00606. The number of rotatable bonds is 5. The lowest BCUT2D eigenvalue weighted by molar-refractivity contribution is -0.148. The number of aromatic amines is 1. The van der Waals surface area contributed by atoms with E-state index in [1.54, 1.807) is 24.5 Å². The van der Waals surface area contributed by atoms with Crippen molar-refractivity contribution in [2.24, 2.45) is 17.8 Å². The molecule has 2 bridgehead atoms. The van der Waals surface area contributed by atoms with Crippen LogP contribution in [0.1, 0.15) is 25.7 Å². The quantitative estimate of drug-likeness (QED) is 0.416. The number of furan rings is 1. The second-order valence-electron chi connectivity index (χ2n) is 8.73. The fraction of sp³-hybridized carbons (Fsp3) is 0.348. The lowest BCUT2D eigenvalue weighted by atomic mass is 9.61. The number of H-pyrrole nitrogens is 1. The number of carboxylic acid groups (broad SMARTS) is 1. The molecule has 33 heavy (non-hydrogen) atoms. The second kappa shape index (κ2) is 7.65.